The minimum Gasteiger partial charge on any atom is -0.306 e. The molecular formula is C12H24N4. The summed E-state index contributed by atoms with van der Waals surface area (Å²) in [6.07, 6.45) is 1.29. The van der Waals surface area contributed by atoms with Crippen LogP contribution in [-0.4, -0.2) is 62.7 Å². The topological polar surface area (TPSA) is 42.3 Å². The molecule has 4 nitrogen and oxygen atoms in total. The summed E-state index contributed by atoms with van der Waals surface area (Å²) in [5.74, 6) is 0.774. The van der Waals surface area contributed by atoms with Gasteiger partial charge in [0.25, 0.3) is 0 Å². The molecule has 16 heavy (non-hydrogen) atoms. The molecular weight excluding hydrogens is 200 g/mol. The average molecular weight is 224 g/mol. The van der Waals surface area contributed by atoms with Crippen LogP contribution in [-0.2, 0) is 0 Å². The lowest BCUT2D eigenvalue weighted by molar-refractivity contribution is 0.261. The molecule has 92 valence electrons. The maximum absolute atomic E-state index is 8.96. The van der Waals surface area contributed by atoms with Gasteiger partial charge < -0.3 is 15.1 Å². The fourth-order valence-corrected chi connectivity index (χ4v) is 2.40. The highest BCUT2D eigenvalue weighted by molar-refractivity contribution is 4.91. The summed E-state index contributed by atoms with van der Waals surface area (Å²) in [5.41, 5.74) is 0. The van der Waals surface area contributed by atoms with E-state index in [4.69, 9.17) is 5.26 Å². The molecule has 0 aromatic heterocycles. The zero-order valence-corrected chi connectivity index (χ0v) is 10.7. The number of likely N-dealkylation sites (N-methyl/N-ethyl adjacent to an activating group) is 2. The third-order valence-electron chi connectivity index (χ3n) is 3.16. The van der Waals surface area contributed by atoms with Crippen molar-refractivity contribution in [3.63, 3.8) is 0 Å². The van der Waals surface area contributed by atoms with E-state index < -0.39 is 0 Å². The van der Waals surface area contributed by atoms with Gasteiger partial charge in [-0.25, -0.2) is 0 Å². The van der Waals surface area contributed by atoms with Gasteiger partial charge >= 0.3 is 0 Å². The smallest absolute Gasteiger partial charge is 0.108 e. The van der Waals surface area contributed by atoms with Crippen molar-refractivity contribution < 1.29 is 0 Å². The molecule has 4 heteroatoms. The van der Waals surface area contributed by atoms with Crippen LogP contribution in [0.4, 0.5) is 0 Å². The van der Waals surface area contributed by atoms with E-state index in [-0.39, 0.29) is 6.04 Å². The van der Waals surface area contributed by atoms with Crippen molar-refractivity contribution in [2.24, 2.45) is 5.92 Å². The van der Waals surface area contributed by atoms with Crippen LogP contribution in [0, 0.1) is 17.2 Å². The van der Waals surface area contributed by atoms with Gasteiger partial charge in [-0.1, -0.05) is 6.92 Å². The Hall–Kier alpha value is -0.630. The summed E-state index contributed by atoms with van der Waals surface area (Å²) in [7, 11) is 4.29. The summed E-state index contributed by atoms with van der Waals surface area (Å²) in [5, 5.41) is 12.1. The molecule has 1 N–H and O–H groups in total. The van der Waals surface area contributed by atoms with Gasteiger partial charge in [0.15, 0.2) is 0 Å². The third kappa shape index (κ3) is 4.48. The van der Waals surface area contributed by atoms with Crippen LogP contribution in [0.25, 0.3) is 0 Å². The Morgan fingerprint density at radius 2 is 2.38 bits per heavy atom. The summed E-state index contributed by atoms with van der Waals surface area (Å²) in [4.78, 5) is 4.66. The standard InChI is InChI=1S/C12H24N4/c1-4-14-12(7-13)10-16(3)9-11-5-6-15(2)8-11/h11-12,14H,4-6,8-10H2,1-3H3. The fourth-order valence-electron chi connectivity index (χ4n) is 2.40. The largest absolute Gasteiger partial charge is 0.306 e. The second kappa shape index (κ2) is 6.85. The molecule has 0 aliphatic carbocycles. The average Bonchev–Trinajstić information content (AvgIpc) is 2.63. The summed E-state index contributed by atoms with van der Waals surface area (Å²) < 4.78 is 0. The molecule has 1 heterocycles. The molecule has 0 aromatic carbocycles. The number of hydrogen-bond donors (Lipinski definition) is 1. The Bertz CT molecular complexity index is 236. The van der Waals surface area contributed by atoms with E-state index in [2.05, 4.69) is 35.3 Å². The number of rotatable bonds is 6. The van der Waals surface area contributed by atoms with Gasteiger partial charge in [0.05, 0.1) is 6.07 Å². The van der Waals surface area contributed by atoms with E-state index in [0.717, 1.165) is 25.6 Å². The molecule has 2 atom stereocenters. The molecule has 0 bridgehead atoms. The summed E-state index contributed by atoms with van der Waals surface area (Å²) in [6.45, 7) is 7.24. The molecule has 0 aromatic rings. The van der Waals surface area contributed by atoms with Crippen LogP contribution in [0.1, 0.15) is 13.3 Å². The van der Waals surface area contributed by atoms with Crippen molar-refractivity contribution >= 4 is 0 Å². The Morgan fingerprint density at radius 1 is 1.62 bits per heavy atom. The maximum Gasteiger partial charge on any atom is 0.108 e. The van der Waals surface area contributed by atoms with Crippen LogP contribution in [0.3, 0.4) is 0 Å². The van der Waals surface area contributed by atoms with Crippen molar-refractivity contribution in [2.45, 2.75) is 19.4 Å². The molecule has 1 saturated heterocycles. The van der Waals surface area contributed by atoms with Crippen LogP contribution in [0.5, 0.6) is 0 Å². The highest BCUT2D eigenvalue weighted by Crippen LogP contribution is 2.14. The predicted octanol–water partition coefficient (Wildman–Crippen LogP) is 0.372. The quantitative estimate of drug-likeness (QED) is 0.708. The molecule has 0 amide bonds. The van der Waals surface area contributed by atoms with Crippen molar-refractivity contribution in [2.75, 3.05) is 46.8 Å². The van der Waals surface area contributed by atoms with E-state index in [1.54, 1.807) is 0 Å². The Balaban J connectivity index is 2.24. The summed E-state index contributed by atoms with van der Waals surface area (Å²) in [6, 6.07) is 2.27. The lowest BCUT2D eigenvalue weighted by atomic mass is 10.1. The van der Waals surface area contributed by atoms with Crippen LogP contribution >= 0.6 is 0 Å². The lowest BCUT2D eigenvalue weighted by Crippen LogP contribution is -2.40. The minimum absolute atomic E-state index is 0.0332. The van der Waals surface area contributed by atoms with Gasteiger partial charge in [-0.05, 0) is 39.5 Å². The number of hydrogen-bond acceptors (Lipinski definition) is 4. The van der Waals surface area contributed by atoms with Crippen LogP contribution < -0.4 is 5.32 Å². The van der Waals surface area contributed by atoms with Crippen molar-refractivity contribution in [3.05, 3.63) is 0 Å². The maximum atomic E-state index is 8.96. The van der Waals surface area contributed by atoms with Crippen molar-refractivity contribution in [1.29, 1.82) is 5.26 Å². The first-order valence-electron chi connectivity index (χ1n) is 6.15. The first kappa shape index (κ1) is 13.4. The number of nitriles is 1. The lowest BCUT2D eigenvalue weighted by Gasteiger charge is -2.23. The van der Waals surface area contributed by atoms with Gasteiger partial charge in [-0.3, -0.25) is 0 Å². The Morgan fingerprint density at radius 3 is 2.88 bits per heavy atom. The van der Waals surface area contributed by atoms with E-state index in [0.29, 0.717) is 0 Å². The predicted molar refractivity (Wildman–Crippen MR) is 66.2 cm³/mol. The summed E-state index contributed by atoms with van der Waals surface area (Å²) >= 11 is 0. The monoisotopic (exact) mass is 224 g/mol. The Labute approximate surface area is 99.2 Å². The fraction of sp³-hybridized carbons (Fsp3) is 0.917. The van der Waals surface area contributed by atoms with E-state index in [1.165, 1.54) is 19.5 Å². The van der Waals surface area contributed by atoms with E-state index >= 15 is 0 Å². The molecule has 1 aliphatic heterocycles. The highest BCUT2D eigenvalue weighted by Gasteiger charge is 2.21. The molecule has 1 rings (SSSR count). The molecule has 0 saturated carbocycles. The third-order valence-corrected chi connectivity index (χ3v) is 3.16. The molecule has 0 radical (unpaired) electrons. The molecule has 2 unspecified atom stereocenters. The molecule has 0 spiro atoms. The van der Waals surface area contributed by atoms with Gasteiger partial charge in [0.1, 0.15) is 6.04 Å². The normalized spacial score (nSPS) is 23.6. The first-order valence-corrected chi connectivity index (χ1v) is 6.15. The van der Waals surface area contributed by atoms with Gasteiger partial charge in [0.2, 0.25) is 0 Å². The van der Waals surface area contributed by atoms with Crippen LogP contribution in [0.15, 0.2) is 0 Å². The first-order chi connectivity index (χ1) is 7.65. The van der Waals surface area contributed by atoms with Crippen LogP contribution in [0.2, 0.25) is 0 Å². The van der Waals surface area contributed by atoms with Gasteiger partial charge in [-0.2, -0.15) is 5.26 Å². The van der Waals surface area contributed by atoms with E-state index in [1.807, 2.05) is 6.92 Å². The highest BCUT2D eigenvalue weighted by atomic mass is 15.2. The van der Waals surface area contributed by atoms with Crippen molar-refractivity contribution in [1.82, 2.24) is 15.1 Å². The minimum atomic E-state index is -0.0332. The number of nitrogens with one attached hydrogen (secondary N) is 1. The zero-order chi connectivity index (χ0) is 12.0. The van der Waals surface area contributed by atoms with Crippen molar-refractivity contribution in [3.8, 4) is 6.07 Å². The Kier molecular flexibility index (Phi) is 5.75. The van der Waals surface area contributed by atoms with E-state index in [9.17, 15) is 0 Å². The SMILES string of the molecule is CCNC(C#N)CN(C)CC1CCN(C)C1. The molecule has 1 fully saturated rings. The van der Waals surface area contributed by atoms with Gasteiger partial charge in [0, 0.05) is 19.6 Å². The second-order valence-corrected chi connectivity index (χ2v) is 4.88. The van der Waals surface area contributed by atoms with Gasteiger partial charge in [-0.15, -0.1) is 0 Å². The zero-order valence-electron chi connectivity index (χ0n) is 10.7. The second-order valence-electron chi connectivity index (χ2n) is 4.88. The number of nitrogens with zero attached hydrogens (tertiary/aromatic N) is 3. The number of likely N-dealkylation sites (tertiary alicyclic amines) is 1. The molecule has 1 aliphatic rings.